The molecule has 2 nitrogen and oxygen atoms in total. The summed E-state index contributed by atoms with van der Waals surface area (Å²) in [5, 5.41) is 0. The van der Waals surface area contributed by atoms with Crippen molar-refractivity contribution in [1.29, 1.82) is 0 Å². The van der Waals surface area contributed by atoms with E-state index in [2.05, 4.69) is 176 Å². The average Bonchev–Trinajstić information content (AvgIpc) is 3.26. The molecule has 3 heteroatoms. The first-order valence-corrected chi connectivity index (χ1v) is 15.2. The summed E-state index contributed by atoms with van der Waals surface area (Å²) >= 11 is 5.38. The zero-order chi connectivity index (χ0) is 29.6. The Morgan fingerprint density at radius 3 is 1.12 bits per heavy atom. The first-order valence-electron chi connectivity index (χ1n) is 14.8. The van der Waals surface area contributed by atoms with Crippen molar-refractivity contribution in [3.05, 3.63) is 168 Å². The van der Waals surface area contributed by atoms with Gasteiger partial charge in [0.25, 0.3) is 0 Å². The maximum absolute atomic E-state index is 5.38. The summed E-state index contributed by atoms with van der Waals surface area (Å²) in [7, 11) is 0. The van der Waals surface area contributed by atoms with Crippen LogP contribution in [-0.2, 0) is 4.75 Å². The molecule has 0 atom stereocenters. The Morgan fingerprint density at radius 2 is 0.744 bits per heavy atom. The number of anilines is 6. The van der Waals surface area contributed by atoms with E-state index in [1.165, 1.54) is 33.4 Å². The molecular weight excluding hydrogens is 541 g/mol. The molecule has 0 spiro atoms. The van der Waals surface area contributed by atoms with Gasteiger partial charge in [0.05, 0.1) is 4.75 Å². The summed E-state index contributed by atoms with van der Waals surface area (Å²) in [6.07, 6.45) is 0. The maximum Gasteiger partial charge on any atom is 0.0612 e. The van der Waals surface area contributed by atoms with E-state index in [1.54, 1.807) is 0 Å². The van der Waals surface area contributed by atoms with Crippen LogP contribution >= 0.6 is 12.6 Å². The van der Waals surface area contributed by atoms with Gasteiger partial charge in [-0.05, 0) is 116 Å². The highest BCUT2D eigenvalue weighted by Gasteiger charge is 2.37. The zero-order valence-corrected chi connectivity index (χ0v) is 25.6. The van der Waals surface area contributed by atoms with Crippen molar-refractivity contribution in [2.24, 2.45) is 0 Å². The largest absolute Gasteiger partial charge is 0.310 e. The molecule has 0 saturated heterocycles. The van der Waals surface area contributed by atoms with Gasteiger partial charge in [0.15, 0.2) is 0 Å². The van der Waals surface area contributed by atoms with Crippen molar-refractivity contribution in [3.8, 4) is 11.1 Å². The number of aryl methyl sites for hydroxylation is 2. The molecule has 6 aromatic carbocycles. The number of hydrogen-bond acceptors (Lipinski definition) is 3. The fourth-order valence-electron chi connectivity index (χ4n) is 6.20. The minimum atomic E-state index is -0.470. The van der Waals surface area contributed by atoms with Crippen LogP contribution in [0.4, 0.5) is 34.1 Å². The third-order valence-corrected chi connectivity index (χ3v) is 8.96. The molecule has 1 aliphatic carbocycles. The van der Waals surface area contributed by atoms with Crippen molar-refractivity contribution >= 4 is 46.8 Å². The van der Waals surface area contributed by atoms with E-state index in [4.69, 9.17) is 12.6 Å². The molecule has 1 aliphatic rings. The SMILES string of the molecule is Cc1ccc(N(c2ccccc2)c2ccc3c(c2)C(C)(S)c2cc(N(c4ccccc4)c4ccc(C)cc4)ccc2-3)cc1. The minimum absolute atomic E-state index is 0.470. The van der Waals surface area contributed by atoms with E-state index >= 15 is 0 Å². The molecule has 0 saturated carbocycles. The van der Waals surface area contributed by atoms with Crippen molar-refractivity contribution in [1.82, 2.24) is 0 Å². The van der Waals surface area contributed by atoms with Crippen LogP contribution < -0.4 is 9.80 Å². The Kier molecular flexibility index (Phi) is 6.83. The molecular formula is C40H34N2S. The average molecular weight is 575 g/mol. The lowest BCUT2D eigenvalue weighted by Crippen LogP contribution is -2.15. The number of fused-ring (bicyclic) bond motifs is 3. The van der Waals surface area contributed by atoms with Crippen LogP contribution in [0.25, 0.3) is 11.1 Å². The Labute approximate surface area is 260 Å². The summed E-state index contributed by atoms with van der Waals surface area (Å²) in [6.45, 7) is 6.48. The molecule has 0 aromatic heterocycles. The van der Waals surface area contributed by atoms with Crippen LogP contribution in [0.15, 0.2) is 146 Å². The fourth-order valence-corrected chi connectivity index (χ4v) is 6.57. The first-order chi connectivity index (χ1) is 20.9. The van der Waals surface area contributed by atoms with Gasteiger partial charge in [-0.2, -0.15) is 12.6 Å². The lowest BCUT2D eigenvalue weighted by molar-refractivity contribution is 0.877. The molecule has 0 heterocycles. The van der Waals surface area contributed by atoms with Gasteiger partial charge in [-0.15, -0.1) is 0 Å². The van der Waals surface area contributed by atoms with Gasteiger partial charge in [0.1, 0.15) is 0 Å². The summed E-state index contributed by atoms with van der Waals surface area (Å²) in [5.41, 5.74) is 14.2. The lowest BCUT2D eigenvalue weighted by atomic mass is 9.96. The molecule has 6 aromatic rings. The van der Waals surface area contributed by atoms with Crippen molar-refractivity contribution < 1.29 is 0 Å². The highest BCUT2D eigenvalue weighted by molar-refractivity contribution is 7.81. The number of nitrogens with zero attached hydrogens (tertiary/aromatic N) is 2. The van der Waals surface area contributed by atoms with E-state index in [1.807, 2.05) is 0 Å². The van der Waals surface area contributed by atoms with E-state index in [0.29, 0.717) is 0 Å². The summed E-state index contributed by atoms with van der Waals surface area (Å²) in [4.78, 5) is 4.65. The van der Waals surface area contributed by atoms with E-state index < -0.39 is 4.75 Å². The number of rotatable bonds is 6. The summed E-state index contributed by atoms with van der Waals surface area (Å²) in [6, 6.07) is 52.3. The molecule has 0 N–H and O–H groups in total. The normalized spacial score (nSPS) is 12.8. The highest BCUT2D eigenvalue weighted by Crippen LogP contribution is 2.54. The van der Waals surface area contributed by atoms with Gasteiger partial charge in [0, 0.05) is 34.1 Å². The molecule has 43 heavy (non-hydrogen) atoms. The van der Waals surface area contributed by atoms with Gasteiger partial charge in [-0.1, -0.05) is 83.9 Å². The molecule has 210 valence electrons. The van der Waals surface area contributed by atoms with Crippen LogP contribution in [0, 0.1) is 13.8 Å². The Balaban J connectivity index is 1.33. The standard InChI is InChI=1S/C40H34N2S/c1-28-14-18-32(19-15-28)41(30-10-6-4-7-11-30)34-22-24-36-37-25-23-35(27-39(37)40(3,43)38(36)26-34)42(31-12-8-5-9-13-31)33-20-16-29(2)17-21-33/h4-27,43H,1-3H3. The predicted octanol–water partition coefficient (Wildman–Crippen LogP) is 11.4. The summed E-state index contributed by atoms with van der Waals surface area (Å²) in [5.74, 6) is 0. The van der Waals surface area contributed by atoms with Crippen molar-refractivity contribution in [3.63, 3.8) is 0 Å². The Bertz CT molecular complexity index is 1750. The maximum atomic E-state index is 5.38. The second-order valence-electron chi connectivity index (χ2n) is 11.5. The smallest absolute Gasteiger partial charge is 0.0612 e. The third-order valence-electron chi connectivity index (χ3n) is 8.47. The lowest BCUT2D eigenvalue weighted by Gasteiger charge is -2.29. The number of thiol groups is 1. The number of hydrogen-bond donors (Lipinski definition) is 1. The quantitative estimate of drug-likeness (QED) is 0.198. The zero-order valence-electron chi connectivity index (χ0n) is 24.7. The summed E-state index contributed by atoms with van der Waals surface area (Å²) < 4.78 is -0.470. The molecule has 0 fully saturated rings. The van der Waals surface area contributed by atoms with Crippen molar-refractivity contribution in [2.75, 3.05) is 9.80 Å². The second-order valence-corrected chi connectivity index (χ2v) is 12.4. The van der Waals surface area contributed by atoms with Gasteiger partial charge in [-0.3, -0.25) is 0 Å². The third kappa shape index (κ3) is 4.90. The Morgan fingerprint density at radius 1 is 0.419 bits per heavy atom. The van der Waals surface area contributed by atoms with Crippen LogP contribution in [0.1, 0.15) is 29.2 Å². The predicted molar refractivity (Wildman–Crippen MR) is 186 cm³/mol. The van der Waals surface area contributed by atoms with Crippen LogP contribution in [-0.4, -0.2) is 0 Å². The molecule has 0 amide bonds. The van der Waals surface area contributed by atoms with Crippen molar-refractivity contribution in [2.45, 2.75) is 25.5 Å². The van der Waals surface area contributed by atoms with Gasteiger partial charge < -0.3 is 9.80 Å². The molecule has 0 aliphatic heterocycles. The van der Waals surface area contributed by atoms with E-state index in [0.717, 1.165) is 34.1 Å². The monoisotopic (exact) mass is 574 g/mol. The highest BCUT2D eigenvalue weighted by atomic mass is 32.1. The number of para-hydroxylation sites is 2. The fraction of sp³-hybridized carbons (Fsp3) is 0.100. The topological polar surface area (TPSA) is 6.48 Å². The molecule has 0 radical (unpaired) electrons. The minimum Gasteiger partial charge on any atom is -0.310 e. The van der Waals surface area contributed by atoms with Gasteiger partial charge in [-0.25, -0.2) is 0 Å². The van der Waals surface area contributed by atoms with Crippen LogP contribution in [0.2, 0.25) is 0 Å². The number of benzene rings is 6. The molecule has 0 bridgehead atoms. The first kappa shape index (κ1) is 27.1. The van der Waals surface area contributed by atoms with Gasteiger partial charge >= 0.3 is 0 Å². The van der Waals surface area contributed by atoms with E-state index in [9.17, 15) is 0 Å². The second kappa shape index (κ2) is 10.8. The van der Waals surface area contributed by atoms with Crippen LogP contribution in [0.3, 0.4) is 0 Å². The van der Waals surface area contributed by atoms with Crippen LogP contribution in [0.5, 0.6) is 0 Å². The molecule has 0 unspecified atom stereocenters. The molecule has 7 rings (SSSR count). The van der Waals surface area contributed by atoms with Gasteiger partial charge in [0.2, 0.25) is 0 Å². The van der Waals surface area contributed by atoms with E-state index in [-0.39, 0.29) is 0 Å². The Hall–Kier alpha value is -4.73.